The summed E-state index contributed by atoms with van der Waals surface area (Å²) in [6.45, 7) is 4.99. The molecule has 0 spiro atoms. The number of ether oxygens (including phenoxy) is 1. The molecule has 17 heavy (non-hydrogen) atoms. The Bertz CT molecular complexity index is 380. The van der Waals surface area contributed by atoms with Crippen LogP contribution in [0.5, 0.6) is 5.75 Å². The van der Waals surface area contributed by atoms with E-state index in [2.05, 4.69) is 20.8 Å². The Balaban J connectivity index is 2.95. The molecule has 4 heteroatoms. The van der Waals surface area contributed by atoms with E-state index in [-0.39, 0.29) is 12.0 Å². The van der Waals surface area contributed by atoms with Crippen LogP contribution in [0.25, 0.3) is 0 Å². The highest BCUT2D eigenvalue weighted by atomic mass is 79.9. The van der Waals surface area contributed by atoms with Crippen LogP contribution < -0.4 is 9.64 Å². The minimum absolute atomic E-state index is 0.137. The summed E-state index contributed by atoms with van der Waals surface area (Å²) in [5.74, 6) is 0.837. The molecular formula is C13H20BrNO2. The number of aliphatic hydroxyl groups is 1. The van der Waals surface area contributed by atoms with Crippen molar-refractivity contribution in [3.05, 3.63) is 22.7 Å². The molecule has 0 fully saturated rings. The molecule has 0 aliphatic carbocycles. The fourth-order valence-corrected chi connectivity index (χ4v) is 2.09. The fraction of sp³-hybridized carbons (Fsp3) is 0.538. The maximum absolute atomic E-state index is 9.30. The second-order valence-electron chi connectivity index (χ2n) is 4.99. The van der Waals surface area contributed by atoms with Crippen LogP contribution >= 0.6 is 15.9 Å². The second-order valence-corrected chi connectivity index (χ2v) is 5.91. The minimum Gasteiger partial charge on any atom is -0.495 e. The van der Waals surface area contributed by atoms with Gasteiger partial charge in [0.1, 0.15) is 5.75 Å². The predicted molar refractivity (Wildman–Crippen MR) is 74.8 cm³/mol. The number of halogens is 1. The molecule has 0 heterocycles. The van der Waals surface area contributed by atoms with Gasteiger partial charge in [0.25, 0.3) is 0 Å². The third-order valence-corrected chi connectivity index (χ3v) is 3.14. The standard InChI is InChI=1S/C13H20BrNO2/c1-13(2,9-16)8-15(3)11-7-10(14)5-6-12(11)17-4/h5-7,16H,8-9H2,1-4H3. The van der Waals surface area contributed by atoms with E-state index in [1.165, 1.54) is 0 Å². The van der Waals surface area contributed by atoms with E-state index in [0.29, 0.717) is 0 Å². The molecule has 96 valence electrons. The summed E-state index contributed by atoms with van der Waals surface area (Å²) in [6.07, 6.45) is 0. The van der Waals surface area contributed by atoms with Crippen LogP contribution in [0.1, 0.15) is 13.8 Å². The van der Waals surface area contributed by atoms with Crippen molar-refractivity contribution < 1.29 is 9.84 Å². The fourth-order valence-electron chi connectivity index (χ4n) is 1.74. The van der Waals surface area contributed by atoms with Crippen molar-refractivity contribution >= 4 is 21.6 Å². The van der Waals surface area contributed by atoms with Gasteiger partial charge in [0.05, 0.1) is 12.8 Å². The van der Waals surface area contributed by atoms with Gasteiger partial charge in [-0.05, 0) is 18.2 Å². The predicted octanol–water partition coefficient (Wildman–Crippen LogP) is 2.91. The SMILES string of the molecule is COc1ccc(Br)cc1N(C)CC(C)(C)CO. The molecule has 0 radical (unpaired) electrons. The molecule has 0 amide bonds. The first-order valence-electron chi connectivity index (χ1n) is 5.55. The van der Waals surface area contributed by atoms with Gasteiger partial charge in [0.15, 0.2) is 0 Å². The third kappa shape index (κ3) is 3.89. The van der Waals surface area contributed by atoms with Crippen molar-refractivity contribution in [2.45, 2.75) is 13.8 Å². The molecule has 0 aromatic heterocycles. The number of hydrogen-bond donors (Lipinski definition) is 1. The molecule has 0 aliphatic heterocycles. The summed E-state index contributed by atoms with van der Waals surface area (Å²) in [5, 5.41) is 9.30. The van der Waals surface area contributed by atoms with E-state index in [1.54, 1.807) is 7.11 Å². The van der Waals surface area contributed by atoms with Crippen LogP contribution in [-0.2, 0) is 0 Å². The molecule has 1 aromatic rings. The summed E-state index contributed by atoms with van der Waals surface area (Å²) in [4.78, 5) is 2.10. The highest BCUT2D eigenvalue weighted by molar-refractivity contribution is 9.10. The molecule has 1 rings (SSSR count). The first kappa shape index (κ1) is 14.3. The van der Waals surface area contributed by atoms with E-state index < -0.39 is 0 Å². The Morgan fingerprint density at radius 3 is 2.59 bits per heavy atom. The number of aliphatic hydroxyl groups excluding tert-OH is 1. The Hall–Kier alpha value is -0.740. The number of benzene rings is 1. The van der Waals surface area contributed by atoms with Gasteiger partial charge in [-0.3, -0.25) is 0 Å². The summed E-state index contributed by atoms with van der Waals surface area (Å²) < 4.78 is 6.36. The van der Waals surface area contributed by atoms with Crippen molar-refractivity contribution in [1.29, 1.82) is 0 Å². The van der Waals surface area contributed by atoms with Crippen LogP contribution in [-0.4, -0.2) is 32.4 Å². The molecule has 0 atom stereocenters. The van der Waals surface area contributed by atoms with Crippen molar-refractivity contribution in [1.82, 2.24) is 0 Å². The van der Waals surface area contributed by atoms with Gasteiger partial charge in [-0.2, -0.15) is 0 Å². The molecule has 3 nitrogen and oxygen atoms in total. The van der Waals surface area contributed by atoms with Crippen LogP contribution in [0.15, 0.2) is 22.7 Å². The molecular weight excluding hydrogens is 282 g/mol. The zero-order valence-electron chi connectivity index (χ0n) is 10.8. The number of nitrogens with zero attached hydrogens (tertiary/aromatic N) is 1. The van der Waals surface area contributed by atoms with Gasteiger partial charge in [-0.1, -0.05) is 29.8 Å². The van der Waals surface area contributed by atoms with E-state index in [1.807, 2.05) is 39.1 Å². The zero-order valence-corrected chi connectivity index (χ0v) is 12.4. The average molecular weight is 302 g/mol. The van der Waals surface area contributed by atoms with Gasteiger partial charge >= 0.3 is 0 Å². The van der Waals surface area contributed by atoms with Crippen molar-refractivity contribution in [3.8, 4) is 5.75 Å². The van der Waals surface area contributed by atoms with Crippen molar-refractivity contribution in [2.75, 3.05) is 32.2 Å². The number of hydrogen-bond acceptors (Lipinski definition) is 3. The summed E-state index contributed by atoms with van der Waals surface area (Å²) in [7, 11) is 3.67. The van der Waals surface area contributed by atoms with Crippen molar-refractivity contribution in [2.24, 2.45) is 5.41 Å². The lowest BCUT2D eigenvalue weighted by molar-refractivity contribution is 0.165. The third-order valence-electron chi connectivity index (χ3n) is 2.65. The Labute approximate surface area is 112 Å². The zero-order chi connectivity index (χ0) is 13.1. The van der Waals surface area contributed by atoms with Gasteiger partial charge < -0.3 is 14.7 Å². The Morgan fingerprint density at radius 1 is 1.41 bits per heavy atom. The summed E-state index contributed by atoms with van der Waals surface area (Å²) >= 11 is 3.46. The van der Waals surface area contributed by atoms with Gasteiger partial charge in [0, 0.05) is 30.1 Å². The van der Waals surface area contributed by atoms with Gasteiger partial charge in [0.2, 0.25) is 0 Å². The highest BCUT2D eigenvalue weighted by Gasteiger charge is 2.20. The van der Waals surface area contributed by atoms with Crippen LogP contribution in [0.2, 0.25) is 0 Å². The van der Waals surface area contributed by atoms with Gasteiger partial charge in [-0.15, -0.1) is 0 Å². The van der Waals surface area contributed by atoms with E-state index in [0.717, 1.165) is 22.5 Å². The Kier molecular flexibility index (Phi) is 4.83. The summed E-state index contributed by atoms with van der Waals surface area (Å²) in [5.41, 5.74) is 0.880. The monoisotopic (exact) mass is 301 g/mol. The molecule has 0 saturated heterocycles. The normalized spacial score (nSPS) is 11.4. The number of rotatable bonds is 5. The largest absolute Gasteiger partial charge is 0.495 e. The first-order chi connectivity index (χ1) is 7.89. The number of methoxy groups -OCH3 is 1. The van der Waals surface area contributed by atoms with Crippen LogP contribution in [0, 0.1) is 5.41 Å². The molecule has 0 saturated carbocycles. The van der Waals surface area contributed by atoms with E-state index >= 15 is 0 Å². The summed E-state index contributed by atoms with van der Waals surface area (Å²) in [6, 6.07) is 5.90. The maximum Gasteiger partial charge on any atom is 0.142 e. The molecule has 1 N–H and O–H groups in total. The lowest BCUT2D eigenvalue weighted by Crippen LogP contribution is -2.34. The Morgan fingerprint density at radius 2 is 2.06 bits per heavy atom. The molecule has 0 aliphatic rings. The topological polar surface area (TPSA) is 32.7 Å². The first-order valence-corrected chi connectivity index (χ1v) is 6.34. The highest BCUT2D eigenvalue weighted by Crippen LogP contribution is 2.32. The molecule has 0 unspecified atom stereocenters. The van der Waals surface area contributed by atoms with Crippen LogP contribution in [0.3, 0.4) is 0 Å². The second kappa shape index (κ2) is 5.74. The average Bonchev–Trinajstić information content (AvgIpc) is 2.28. The quantitative estimate of drug-likeness (QED) is 0.908. The minimum atomic E-state index is -0.137. The van der Waals surface area contributed by atoms with Crippen molar-refractivity contribution in [3.63, 3.8) is 0 Å². The lowest BCUT2D eigenvalue weighted by Gasteiger charge is -2.30. The maximum atomic E-state index is 9.30. The molecule has 0 bridgehead atoms. The van der Waals surface area contributed by atoms with Crippen LogP contribution in [0.4, 0.5) is 5.69 Å². The van der Waals surface area contributed by atoms with Gasteiger partial charge in [-0.25, -0.2) is 0 Å². The number of anilines is 1. The smallest absolute Gasteiger partial charge is 0.142 e. The van der Waals surface area contributed by atoms with E-state index in [4.69, 9.17) is 4.74 Å². The van der Waals surface area contributed by atoms with E-state index in [9.17, 15) is 5.11 Å². The molecule has 1 aromatic carbocycles. The lowest BCUT2D eigenvalue weighted by atomic mass is 9.94.